The van der Waals surface area contributed by atoms with Crippen LogP contribution in [0, 0.1) is 0 Å². The maximum atomic E-state index is 5.92. The van der Waals surface area contributed by atoms with Crippen LogP contribution in [-0.4, -0.2) is 14.2 Å². The van der Waals surface area contributed by atoms with Crippen LogP contribution in [-0.2, 0) is 0 Å². The number of halogens is 1. The molecule has 0 saturated carbocycles. The van der Waals surface area contributed by atoms with Gasteiger partial charge in [-0.1, -0.05) is 6.92 Å². The van der Waals surface area contributed by atoms with Crippen molar-refractivity contribution >= 4 is 15.9 Å². The number of ether oxygens (including phenoxy) is 1. The van der Waals surface area contributed by atoms with E-state index < -0.39 is 0 Å². The van der Waals surface area contributed by atoms with Crippen LogP contribution < -0.4 is 10.1 Å². The van der Waals surface area contributed by atoms with Crippen LogP contribution in [0.1, 0.15) is 25.1 Å². The monoisotopic (exact) mass is 323 g/mol. The molecule has 1 atom stereocenters. The largest absolute Gasteiger partial charge is 0.496 e. The molecule has 0 aliphatic carbocycles. The highest BCUT2D eigenvalue weighted by Crippen LogP contribution is 2.32. The molecule has 0 fully saturated rings. The van der Waals surface area contributed by atoms with Crippen LogP contribution in [0.5, 0.6) is 5.75 Å². The van der Waals surface area contributed by atoms with E-state index in [-0.39, 0.29) is 6.04 Å². The molecule has 1 aromatic carbocycles. The maximum Gasteiger partial charge on any atom is 0.134 e. The van der Waals surface area contributed by atoms with Gasteiger partial charge in [-0.25, -0.2) is 0 Å². The minimum Gasteiger partial charge on any atom is -0.496 e. The summed E-state index contributed by atoms with van der Waals surface area (Å²) in [5.74, 6) is 2.62. The first-order valence-corrected chi connectivity index (χ1v) is 7.09. The van der Waals surface area contributed by atoms with Crippen molar-refractivity contribution < 1.29 is 9.15 Å². The predicted molar refractivity (Wildman–Crippen MR) is 80.5 cm³/mol. The Morgan fingerprint density at radius 1 is 1.32 bits per heavy atom. The lowest BCUT2D eigenvalue weighted by molar-refractivity contribution is 0.411. The molecule has 19 heavy (non-hydrogen) atoms. The number of methoxy groups -OCH3 is 1. The first-order chi connectivity index (χ1) is 9.19. The fraction of sp³-hybridized carbons (Fsp3) is 0.333. The minimum absolute atomic E-state index is 0.256. The highest BCUT2D eigenvalue weighted by molar-refractivity contribution is 9.10. The van der Waals surface area contributed by atoms with E-state index in [1.165, 1.54) is 0 Å². The van der Waals surface area contributed by atoms with Gasteiger partial charge in [-0.2, -0.15) is 0 Å². The summed E-state index contributed by atoms with van der Waals surface area (Å²) in [6.45, 7) is 2.13. The standard InChI is InChI=1S/C15H18BrNO2/c1-4-12(17-2)14-8-7-13(19-14)10-5-6-11(16)15(9-10)18-3/h5-9,12,17H,4H2,1-3H3. The summed E-state index contributed by atoms with van der Waals surface area (Å²) in [4.78, 5) is 0. The molecule has 4 heteroatoms. The van der Waals surface area contributed by atoms with Crippen molar-refractivity contribution in [3.8, 4) is 17.1 Å². The van der Waals surface area contributed by atoms with Crippen molar-refractivity contribution in [2.24, 2.45) is 0 Å². The van der Waals surface area contributed by atoms with Crippen LogP contribution in [0.25, 0.3) is 11.3 Å². The van der Waals surface area contributed by atoms with Crippen LogP contribution in [0.2, 0.25) is 0 Å². The van der Waals surface area contributed by atoms with Gasteiger partial charge in [0.25, 0.3) is 0 Å². The van der Waals surface area contributed by atoms with Crippen molar-refractivity contribution in [3.05, 3.63) is 40.6 Å². The Morgan fingerprint density at radius 3 is 2.74 bits per heavy atom. The number of rotatable bonds is 5. The summed E-state index contributed by atoms with van der Waals surface area (Å²) < 4.78 is 12.2. The van der Waals surface area contributed by atoms with Crippen molar-refractivity contribution in [2.75, 3.05) is 14.2 Å². The molecule has 1 aromatic heterocycles. The molecular formula is C15H18BrNO2. The molecule has 102 valence electrons. The zero-order chi connectivity index (χ0) is 13.8. The van der Waals surface area contributed by atoms with E-state index in [4.69, 9.17) is 9.15 Å². The molecule has 1 unspecified atom stereocenters. The van der Waals surface area contributed by atoms with Crippen molar-refractivity contribution in [2.45, 2.75) is 19.4 Å². The molecular weight excluding hydrogens is 306 g/mol. The Kier molecular flexibility index (Phi) is 4.66. The molecule has 0 saturated heterocycles. The van der Waals surface area contributed by atoms with E-state index in [0.717, 1.165) is 33.7 Å². The number of hydrogen-bond acceptors (Lipinski definition) is 3. The fourth-order valence-corrected chi connectivity index (χ4v) is 2.46. The Labute approximate surface area is 122 Å². The number of nitrogens with one attached hydrogen (secondary N) is 1. The second kappa shape index (κ2) is 6.26. The van der Waals surface area contributed by atoms with Crippen molar-refractivity contribution in [3.63, 3.8) is 0 Å². The molecule has 0 bridgehead atoms. The Hall–Kier alpha value is -1.26. The summed E-state index contributed by atoms with van der Waals surface area (Å²) in [6.07, 6.45) is 0.993. The third-order valence-electron chi connectivity index (χ3n) is 3.16. The zero-order valence-corrected chi connectivity index (χ0v) is 13.0. The van der Waals surface area contributed by atoms with Gasteiger partial charge < -0.3 is 14.5 Å². The minimum atomic E-state index is 0.256. The molecule has 2 rings (SSSR count). The number of furan rings is 1. The van der Waals surface area contributed by atoms with Gasteiger partial charge >= 0.3 is 0 Å². The first-order valence-electron chi connectivity index (χ1n) is 6.30. The summed E-state index contributed by atoms with van der Waals surface area (Å²) >= 11 is 3.45. The molecule has 0 amide bonds. The summed E-state index contributed by atoms with van der Waals surface area (Å²) in [5.41, 5.74) is 1.01. The molecule has 0 spiro atoms. The van der Waals surface area contributed by atoms with E-state index in [2.05, 4.69) is 28.2 Å². The van der Waals surface area contributed by atoms with E-state index in [1.807, 2.05) is 37.4 Å². The van der Waals surface area contributed by atoms with E-state index in [1.54, 1.807) is 7.11 Å². The lowest BCUT2D eigenvalue weighted by Crippen LogP contribution is -2.14. The van der Waals surface area contributed by atoms with Crippen LogP contribution in [0.3, 0.4) is 0 Å². The Bertz CT molecular complexity index is 547. The van der Waals surface area contributed by atoms with Gasteiger partial charge in [0.2, 0.25) is 0 Å². The molecule has 3 nitrogen and oxygen atoms in total. The second-order valence-electron chi connectivity index (χ2n) is 4.30. The SMILES string of the molecule is CCC(NC)c1ccc(-c2ccc(Br)c(OC)c2)o1. The molecule has 2 aromatic rings. The number of benzene rings is 1. The lowest BCUT2D eigenvalue weighted by Gasteiger charge is -2.10. The quantitative estimate of drug-likeness (QED) is 0.886. The average molecular weight is 324 g/mol. The molecule has 1 heterocycles. The molecule has 0 radical (unpaired) electrons. The van der Waals surface area contributed by atoms with Gasteiger partial charge in [0.1, 0.15) is 17.3 Å². The van der Waals surface area contributed by atoms with Gasteiger partial charge in [-0.15, -0.1) is 0 Å². The van der Waals surface area contributed by atoms with Gasteiger partial charge in [0.05, 0.1) is 17.6 Å². The van der Waals surface area contributed by atoms with Gasteiger partial charge in [-0.05, 0) is 59.7 Å². The summed E-state index contributed by atoms with van der Waals surface area (Å²) in [6, 6.07) is 10.2. The topological polar surface area (TPSA) is 34.4 Å². The van der Waals surface area contributed by atoms with Gasteiger partial charge in [-0.3, -0.25) is 0 Å². The summed E-state index contributed by atoms with van der Waals surface area (Å²) in [7, 11) is 3.60. The first kappa shape index (κ1) is 14.2. The highest BCUT2D eigenvalue weighted by atomic mass is 79.9. The van der Waals surface area contributed by atoms with Gasteiger partial charge in [0.15, 0.2) is 0 Å². The molecule has 0 aliphatic heterocycles. The van der Waals surface area contributed by atoms with Crippen LogP contribution in [0.15, 0.2) is 39.2 Å². The van der Waals surface area contributed by atoms with Crippen LogP contribution >= 0.6 is 15.9 Å². The van der Waals surface area contributed by atoms with Crippen molar-refractivity contribution in [1.82, 2.24) is 5.32 Å². The number of hydrogen-bond donors (Lipinski definition) is 1. The maximum absolute atomic E-state index is 5.92. The van der Waals surface area contributed by atoms with Gasteiger partial charge in [0, 0.05) is 5.56 Å². The van der Waals surface area contributed by atoms with E-state index >= 15 is 0 Å². The van der Waals surface area contributed by atoms with E-state index in [0.29, 0.717) is 0 Å². The fourth-order valence-electron chi connectivity index (χ4n) is 2.06. The highest BCUT2D eigenvalue weighted by Gasteiger charge is 2.13. The Balaban J connectivity index is 2.32. The van der Waals surface area contributed by atoms with E-state index in [9.17, 15) is 0 Å². The normalized spacial score (nSPS) is 12.4. The lowest BCUT2D eigenvalue weighted by atomic mass is 10.1. The van der Waals surface area contributed by atoms with Crippen LogP contribution in [0.4, 0.5) is 0 Å². The average Bonchev–Trinajstić information content (AvgIpc) is 2.90. The Morgan fingerprint density at radius 2 is 2.11 bits per heavy atom. The molecule has 0 aliphatic rings. The smallest absolute Gasteiger partial charge is 0.134 e. The third-order valence-corrected chi connectivity index (χ3v) is 3.82. The second-order valence-corrected chi connectivity index (χ2v) is 5.16. The predicted octanol–water partition coefficient (Wildman–Crippen LogP) is 4.39. The molecule has 1 N–H and O–H groups in total. The summed E-state index contributed by atoms with van der Waals surface area (Å²) in [5, 5.41) is 3.24. The van der Waals surface area contributed by atoms with Crippen molar-refractivity contribution in [1.29, 1.82) is 0 Å². The zero-order valence-electron chi connectivity index (χ0n) is 11.4. The third kappa shape index (κ3) is 3.01.